The van der Waals surface area contributed by atoms with Crippen molar-refractivity contribution in [1.29, 1.82) is 0 Å². The van der Waals surface area contributed by atoms with Crippen molar-refractivity contribution in [3.8, 4) is 0 Å². The number of amides is 2. The lowest BCUT2D eigenvalue weighted by atomic mass is 10.2. The first-order valence-electron chi connectivity index (χ1n) is 5.58. The third kappa shape index (κ3) is 3.04. The minimum absolute atomic E-state index is 0.0687. The Balaban J connectivity index is 2.29. The highest BCUT2D eigenvalue weighted by Gasteiger charge is 2.24. The van der Waals surface area contributed by atoms with E-state index in [1.807, 2.05) is 0 Å². The molecule has 0 radical (unpaired) electrons. The molecule has 4 N–H and O–H groups in total. The average Bonchev–Trinajstić information content (AvgIpc) is 2.47. The topological polar surface area (TPSA) is 90.5 Å². The summed E-state index contributed by atoms with van der Waals surface area (Å²) < 4.78 is 0. The highest BCUT2D eigenvalue weighted by atomic mass is 35.5. The third-order valence-electron chi connectivity index (χ3n) is 2.47. The molecule has 0 fully saturated rings. The number of halogens is 1. The molecular formula is C12H12ClN3O3. The Morgan fingerprint density at radius 1 is 1.21 bits per heavy atom. The molecule has 1 aliphatic heterocycles. The SMILES string of the molecule is O=C1Nc2ccc(Cl)cc2NC(=O)/C1=C/NCCO. The summed E-state index contributed by atoms with van der Waals surface area (Å²) in [5.41, 5.74) is 0.852. The summed E-state index contributed by atoms with van der Waals surface area (Å²) in [5, 5.41) is 17.0. The second kappa shape index (κ2) is 5.73. The van der Waals surface area contributed by atoms with Crippen LogP contribution in [0.25, 0.3) is 0 Å². The summed E-state index contributed by atoms with van der Waals surface area (Å²) in [4.78, 5) is 23.8. The zero-order valence-electron chi connectivity index (χ0n) is 9.87. The lowest BCUT2D eigenvalue weighted by Crippen LogP contribution is -2.24. The maximum Gasteiger partial charge on any atom is 0.262 e. The third-order valence-corrected chi connectivity index (χ3v) is 2.70. The van der Waals surface area contributed by atoms with Crippen LogP contribution < -0.4 is 16.0 Å². The van der Waals surface area contributed by atoms with Crippen LogP contribution in [0.1, 0.15) is 0 Å². The lowest BCUT2D eigenvalue weighted by molar-refractivity contribution is -0.118. The summed E-state index contributed by atoms with van der Waals surface area (Å²) >= 11 is 5.83. The largest absolute Gasteiger partial charge is 0.395 e. The predicted octanol–water partition coefficient (Wildman–Crippen LogP) is 0.696. The molecule has 0 saturated heterocycles. The number of hydrogen-bond donors (Lipinski definition) is 4. The van der Waals surface area contributed by atoms with E-state index in [1.54, 1.807) is 18.2 Å². The smallest absolute Gasteiger partial charge is 0.262 e. The van der Waals surface area contributed by atoms with Gasteiger partial charge in [0.05, 0.1) is 18.0 Å². The zero-order valence-corrected chi connectivity index (χ0v) is 10.6. The monoisotopic (exact) mass is 281 g/mol. The van der Waals surface area contributed by atoms with Crippen LogP contribution in [0.5, 0.6) is 0 Å². The Kier molecular flexibility index (Phi) is 4.03. The van der Waals surface area contributed by atoms with Crippen LogP contribution in [-0.2, 0) is 9.59 Å². The summed E-state index contributed by atoms with van der Waals surface area (Å²) in [6.45, 7) is 0.158. The highest BCUT2D eigenvalue weighted by molar-refractivity contribution is 6.32. The average molecular weight is 282 g/mol. The molecule has 6 nitrogen and oxygen atoms in total. The van der Waals surface area contributed by atoms with Crippen LogP contribution >= 0.6 is 11.6 Å². The minimum atomic E-state index is -0.538. The van der Waals surface area contributed by atoms with Gasteiger partial charge in [0.15, 0.2) is 0 Å². The van der Waals surface area contributed by atoms with Gasteiger partial charge in [-0.25, -0.2) is 0 Å². The molecular weight excluding hydrogens is 270 g/mol. The number of nitrogens with one attached hydrogen (secondary N) is 3. The van der Waals surface area contributed by atoms with E-state index in [9.17, 15) is 9.59 Å². The van der Waals surface area contributed by atoms with E-state index in [0.29, 0.717) is 16.4 Å². The van der Waals surface area contributed by atoms with Gasteiger partial charge in [-0.2, -0.15) is 0 Å². The number of fused-ring (bicyclic) bond motifs is 1. The molecule has 1 aromatic rings. The first-order valence-corrected chi connectivity index (χ1v) is 5.96. The molecule has 0 aromatic heterocycles. The molecule has 0 saturated carbocycles. The van der Waals surface area contributed by atoms with Crippen molar-refractivity contribution in [3.63, 3.8) is 0 Å². The van der Waals surface area contributed by atoms with Crippen LogP contribution in [0.15, 0.2) is 30.0 Å². The van der Waals surface area contributed by atoms with Gasteiger partial charge >= 0.3 is 0 Å². The molecule has 0 unspecified atom stereocenters. The van der Waals surface area contributed by atoms with E-state index in [2.05, 4.69) is 16.0 Å². The maximum atomic E-state index is 11.9. The number of benzene rings is 1. The molecule has 1 aromatic carbocycles. The normalized spacial score (nSPS) is 16.4. The molecule has 2 amide bonds. The Hall–Kier alpha value is -2.05. The first kappa shape index (κ1) is 13.4. The molecule has 2 rings (SSSR count). The van der Waals surface area contributed by atoms with Gasteiger partial charge in [-0.05, 0) is 18.2 Å². The van der Waals surface area contributed by atoms with Crippen LogP contribution in [0.4, 0.5) is 11.4 Å². The Bertz CT molecular complexity index is 557. The fourth-order valence-corrected chi connectivity index (χ4v) is 1.75. The van der Waals surface area contributed by atoms with Crippen molar-refractivity contribution in [1.82, 2.24) is 5.32 Å². The number of aliphatic hydroxyl groups excluding tert-OH is 1. The molecule has 0 bridgehead atoms. The van der Waals surface area contributed by atoms with Crippen molar-refractivity contribution in [2.24, 2.45) is 0 Å². The number of carbonyl (C=O) groups is 2. The van der Waals surface area contributed by atoms with Crippen molar-refractivity contribution in [2.45, 2.75) is 0 Å². The van der Waals surface area contributed by atoms with Gasteiger partial charge in [0, 0.05) is 17.8 Å². The quantitative estimate of drug-likeness (QED) is 0.373. The number of anilines is 2. The van der Waals surface area contributed by atoms with Gasteiger partial charge in [-0.3, -0.25) is 9.59 Å². The Labute approximate surface area is 114 Å². The minimum Gasteiger partial charge on any atom is -0.395 e. The lowest BCUT2D eigenvalue weighted by Gasteiger charge is -2.05. The van der Waals surface area contributed by atoms with Gasteiger partial charge < -0.3 is 21.1 Å². The van der Waals surface area contributed by atoms with Gasteiger partial charge in [-0.15, -0.1) is 0 Å². The van der Waals surface area contributed by atoms with Gasteiger partial charge in [0.1, 0.15) is 5.57 Å². The first-order chi connectivity index (χ1) is 9.11. The second-order valence-corrected chi connectivity index (χ2v) is 4.27. The predicted molar refractivity (Wildman–Crippen MR) is 71.9 cm³/mol. The van der Waals surface area contributed by atoms with Crippen LogP contribution in [0, 0.1) is 0 Å². The van der Waals surface area contributed by atoms with Crippen molar-refractivity contribution < 1.29 is 14.7 Å². The van der Waals surface area contributed by atoms with Gasteiger partial charge in [0.2, 0.25) is 0 Å². The molecule has 7 heteroatoms. The van der Waals surface area contributed by atoms with E-state index in [0.717, 1.165) is 0 Å². The summed E-state index contributed by atoms with van der Waals surface area (Å²) in [6.07, 6.45) is 1.27. The number of hydrogen-bond acceptors (Lipinski definition) is 4. The van der Waals surface area contributed by atoms with E-state index in [-0.39, 0.29) is 18.7 Å². The fourth-order valence-electron chi connectivity index (χ4n) is 1.58. The van der Waals surface area contributed by atoms with E-state index < -0.39 is 11.8 Å². The molecule has 1 heterocycles. The number of carbonyl (C=O) groups excluding carboxylic acids is 2. The maximum absolute atomic E-state index is 11.9. The zero-order chi connectivity index (χ0) is 13.8. The fraction of sp³-hybridized carbons (Fsp3) is 0.167. The summed E-state index contributed by atoms with van der Waals surface area (Å²) in [7, 11) is 0. The van der Waals surface area contributed by atoms with Crippen LogP contribution in [0.2, 0.25) is 5.02 Å². The number of rotatable bonds is 3. The molecule has 19 heavy (non-hydrogen) atoms. The van der Waals surface area contributed by atoms with E-state index in [1.165, 1.54) is 6.20 Å². The highest BCUT2D eigenvalue weighted by Crippen LogP contribution is 2.28. The molecule has 1 aliphatic rings. The molecule has 100 valence electrons. The summed E-state index contributed by atoms with van der Waals surface area (Å²) in [6, 6.07) is 4.78. The van der Waals surface area contributed by atoms with E-state index >= 15 is 0 Å². The van der Waals surface area contributed by atoms with Crippen LogP contribution in [0.3, 0.4) is 0 Å². The molecule has 0 spiro atoms. The Morgan fingerprint density at radius 2 is 1.89 bits per heavy atom. The van der Waals surface area contributed by atoms with Crippen molar-refractivity contribution in [3.05, 3.63) is 35.0 Å². The second-order valence-electron chi connectivity index (χ2n) is 3.83. The Morgan fingerprint density at radius 3 is 2.58 bits per heavy atom. The molecule has 0 aliphatic carbocycles. The van der Waals surface area contributed by atoms with Crippen molar-refractivity contribution in [2.75, 3.05) is 23.8 Å². The standard InChI is InChI=1S/C12H12ClN3O3/c13-7-1-2-9-10(5-7)16-12(19)8(11(18)15-9)6-14-3-4-17/h1-2,5-6,14,17H,3-4H2,(H,15,18)(H,16,19)/b8-6+. The number of aliphatic hydroxyl groups is 1. The van der Waals surface area contributed by atoms with Crippen molar-refractivity contribution >= 4 is 34.8 Å². The van der Waals surface area contributed by atoms with Gasteiger partial charge in [-0.1, -0.05) is 11.6 Å². The van der Waals surface area contributed by atoms with E-state index in [4.69, 9.17) is 16.7 Å². The van der Waals surface area contributed by atoms with Gasteiger partial charge in [0.25, 0.3) is 11.8 Å². The summed E-state index contributed by atoms with van der Waals surface area (Å²) in [5.74, 6) is -1.06. The molecule has 0 atom stereocenters. The van der Waals surface area contributed by atoms with Crippen LogP contribution in [-0.4, -0.2) is 30.1 Å².